The van der Waals surface area contributed by atoms with Crippen LogP contribution >= 0.6 is 0 Å². The zero-order valence-electron chi connectivity index (χ0n) is 20.8. The Bertz CT molecular complexity index is 1610. The van der Waals surface area contributed by atoms with E-state index in [1.54, 1.807) is 29.0 Å². The highest BCUT2D eigenvalue weighted by Gasteiger charge is 2.17. The van der Waals surface area contributed by atoms with Crippen molar-refractivity contribution in [3.8, 4) is 6.07 Å². The van der Waals surface area contributed by atoms with Crippen molar-refractivity contribution in [1.29, 1.82) is 5.26 Å². The number of rotatable bonds is 4. The number of benzene rings is 1. The number of carbonyl (C=O) groups excluding carboxylic acids is 1. The van der Waals surface area contributed by atoms with Crippen LogP contribution < -0.4 is 11.0 Å². The number of hydrogen-bond donors (Lipinski definition) is 0. The molecule has 0 bridgehead atoms. The van der Waals surface area contributed by atoms with Crippen LogP contribution in [0.2, 0.25) is 0 Å². The third-order valence-electron chi connectivity index (χ3n) is 6.17. The molecule has 35 heavy (non-hydrogen) atoms. The number of amides is 1. The largest absolute Gasteiger partial charge is 0.309 e. The number of aromatic nitrogens is 3. The van der Waals surface area contributed by atoms with Crippen molar-refractivity contribution in [3.05, 3.63) is 86.8 Å². The van der Waals surface area contributed by atoms with Crippen molar-refractivity contribution < 1.29 is 4.79 Å². The molecular formula is C28H29N5O2. The second-order valence-electron chi connectivity index (χ2n) is 9.78. The van der Waals surface area contributed by atoms with E-state index in [0.29, 0.717) is 28.8 Å². The molecule has 4 aromatic rings. The molecule has 0 aliphatic carbocycles. The van der Waals surface area contributed by atoms with Crippen LogP contribution in [0.1, 0.15) is 67.6 Å². The molecule has 0 unspecified atom stereocenters. The number of nitrogens with zero attached hydrogens (tertiary/aromatic N) is 5. The standard InChI is InChI=1S/C28H29N5O2/c1-6-7-14-32-24(31-26(34)19-10-12-21(13-11-19)28(3,4)5)20(17-29)16-22-25(32)30-23-18(2)9-8-15-33(23)27(22)35/h8-13,15-16H,6-7,14H2,1-5H3. The second kappa shape index (κ2) is 9.30. The maximum atomic E-state index is 13.3. The molecule has 0 saturated carbocycles. The molecule has 0 N–H and O–H groups in total. The van der Waals surface area contributed by atoms with Gasteiger partial charge in [0.1, 0.15) is 17.4 Å². The lowest BCUT2D eigenvalue weighted by Crippen LogP contribution is -2.29. The third kappa shape index (κ3) is 4.52. The van der Waals surface area contributed by atoms with Gasteiger partial charge in [0.05, 0.1) is 10.9 Å². The van der Waals surface area contributed by atoms with Crippen molar-refractivity contribution in [3.63, 3.8) is 0 Å². The highest BCUT2D eigenvalue weighted by Crippen LogP contribution is 2.22. The number of aryl methyl sites for hydroxylation is 2. The fourth-order valence-electron chi connectivity index (χ4n) is 4.09. The van der Waals surface area contributed by atoms with Gasteiger partial charge in [-0.05, 0) is 54.2 Å². The highest BCUT2D eigenvalue weighted by atomic mass is 16.1. The summed E-state index contributed by atoms with van der Waals surface area (Å²) in [6.07, 6.45) is 3.33. The van der Waals surface area contributed by atoms with Crippen molar-refractivity contribution >= 4 is 22.6 Å². The fourth-order valence-corrected chi connectivity index (χ4v) is 4.09. The van der Waals surface area contributed by atoms with E-state index < -0.39 is 5.91 Å². The summed E-state index contributed by atoms with van der Waals surface area (Å²) in [7, 11) is 0. The van der Waals surface area contributed by atoms with Gasteiger partial charge in [0, 0.05) is 18.3 Å². The van der Waals surface area contributed by atoms with Crippen LogP contribution in [0.25, 0.3) is 16.7 Å². The molecular weight excluding hydrogens is 438 g/mol. The van der Waals surface area contributed by atoms with Crippen molar-refractivity contribution in [2.75, 3.05) is 0 Å². The Kier molecular flexibility index (Phi) is 6.40. The average molecular weight is 468 g/mol. The summed E-state index contributed by atoms with van der Waals surface area (Å²) in [6.45, 7) is 10.8. The van der Waals surface area contributed by atoms with Crippen LogP contribution in [0, 0.1) is 18.3 Å². The smallest absolute Gasteiger partial charge is 0.278 e. The van der Waals surface area contributed by atoms with E-state index in [0.717, 1.165) is 24.0 Å². The van der Waals surface area contributed by atoms with E-state index in [1.807, 2.05) is 25.1 Å². The Labute approximate surface area is 204 Å². The second-order valence-corrected chi connectivity index (χ2v) is 9.78. The lowest BCUT2D eigenvalue weighted by atomic mass is 9.87. The fraction of sp³-hybridized carbons (Fsp3) is 0.321. The Morgan fingerprint density at radius 1 is 1.14 bits per heavy atom. The lowest BCUT2D eigenvalue weighted by Gasteiger charge is -2.18. The van der Waals surface area contributed by atoms with E-state index in [1.165, 1.54) is 10.5 Å². The molecule has 1 aromatic carbocycles. The molecule has 0 aliphatic heterocycles. The number of pyridine rings is 2. The van der Waals surface area contributed by atoms with Crippen LogP contribution in [0.15, 0.2) is 58.4 Å². The summed E-state index contributed by atoms with van der Waals surface area (Å²) in [4.78, 5) is 35.6. The highest BCUT2D eigenvalue weighted by molar-refractivity contribution is 5.95. The number of fused-ring (bicyclic) bond motifs is 2. The van der Waals surface area contributed by atoms with E-state index in [2.05, 4.69) is 38.8 Å². The van der Waals surface area contributed by atoms with Crippen molar-refractivity contribution in [2.45, 2.75) is 59.4 Å². The number of carbonyl (C=O) groups is 1. The Hall–Kier alpha value is -4.05. The van der Waals surface area contributed by atoms with Gasteiger partial charge >= 0.3 is 0 Å². The topological polar surface area (TPSA) is 92.5 Å². The van der Waals surface area contributed by atoms with Crippen LogP contribution in [0.3, 0.4) is 0 Å². The quantitative estimate of drug-likeness (QED) is 0.408. The Morgan fingerprint density at radius 2 is 1.86 bits per heavy atom. The van der Waals surface area contributed by atoms with Gasteiger partial charge in [-0.25, -0.2) is 4.98 Å². The average Bonchev–Trinajstić information content (AvgIpc) is 2.83. The molecule has 0 aliphatic rings. The third-order valence-corrected chi connectivity index (χ3v) is 6.17. The molecule has 4 rings (SSSR count). The molecule has 0 spiro atoms. The van der Waals surface area contributed by atoms with Gasteiger partial charge in [-0.15, -0.1) is 0 Å². The number of hydrogen-bond acceptors (Lipinski definition) is 4. The van der Waals surface area contributed by atoms with Gasteiger partial charge in [0.25, 0.3) is 11.5 Å². The van der Waals surface area contributed by atoms with Gasteiger partial charge in [-0.3, -0.25) is 14.0 Å². The first kappa shape index (κ1) is 24.1. The lowest BCUT2D eigenvalue weighted by molar-refractivity contribution is 0.0997. The maximum absolute atomic E-state index is 13.3. The summed E-state index contributed by atoms with van der Waals surface area (Å²) in [6, 6.07) is 14.7. The van der Waals surface area contributed by atoms with Gasteiger partial charge in [-0.2, -0.15) is 10.3 Å². The van der Waals surface area contributed by atoms with Gasteiger partial charge in [0.15, 0.2) is 5.49 Å². The molecule has 0 atom stereocenters. The van der Waals surface area contributed by atoms with E-state index in [-0.39, 0.29) is 22.0 Å². The normalized spacial score (nSPS) is 12.3. The summed E-state index contributed by atoms with van der Waals surface area (Å²) >= 11 is 0. The maximum Gasteiger partial charge on any atom is 0.278 e. The monoisotopic (exact) mass is 467 g/mol. The van der Waals surface area contributed by atoms with E-state index in [4.69, 9.17) is 4.98 Å². The Morgan fingerprint density at radius 3 is 2.49 bits per heavy atom. The molecule has 3 heterocycles. The zero-order chi connectivity index (χ0) is 25.3. The molecule has 178 valence electrons. The summed E-state index contributed by atoms with van der Waals surface area (Å²) in [5.74, 6) is -0.444. The number of unbranched alkanes of at least 4 members (excludes halogenated alkanes) is 1. The van der Waals surface area contributed by atoms with E-state index in [9.17, 15) is 14.9 Å². The molecule has 0 saturated heterocycles. The van der Waals surface area contributed by atoms with Crippen molar-refractivity contribution in [1.82, 2.24) is 14.0 Å². The molecule has 7 heteroatoms. The minimum Gasteiger partial charge on any atom is -0.309 e. The molecule has 0 fully saturated rings. The predicted octanol–water partition coefficient (Wildman–Crippen LogP) is 4.67. The van der Waals surface area contributed by atoms with Crippen LogP contribution in [0.4, 0.5) is 0 Å². The van der Waals surface area contributed by atoms with Gasteiger partial charge in [-0.1, -0.05) is 52.3 Å². The zero-order valence-corrected chi connectivity index (χ0v) is 20.8. The minimum atomic E-state index is -0.444. The van der Waals surface area contributed by atoms with Crippen molar-refractivity contribution in [2.24, 2.45) is 4.99 Å². The predicted molar refractivity (Wildman–Crippen MR) is 136 cm³/mol. The summed E-state index contributed by atoms with van der Waals surface area (Å²) in [5.41, 5.74) is 3.46. The molecule has 7 nitrogen and oxygen atoms in total. The van der Waals surface area contributed by atoms with Crippen LogP contribution in [-0.4, -0.2) is 19.9 Å². The Balaban J connectivity index is 2.00. The minimum absolute atomic E-state index is 0.0329. The first-order valence-electron chi connectivity index (χ1n) is 11.8. The SMILES string of the molecule is CCCCn1c(=NC(=O)c2ccc(C(C)(C)C)cc2)c(C#N)cc2c(=O)n3cccc(C)c3nc21. The summed E-state index contributed by atoms with van der Waals surface area (Å²) < 4.78 is 3.23. The van der Waals surface area contributed by atoms with E-state index >= 15 is 0 Å². The van der Waals surface area contributed by atoms with Gasteiger partial charge in [0.2, 0.25) is 0 Å². The summed E-state index contributed by atoms with van der Waals surface area (Å²) in [5, 5.41) is 10.2. The first-order valence-corrected chi connectivity index (χ1v) is 11.8. The van der Waals surface area contributed by atoms with Crippen LogP contribution in [0.5, 0.6) is 0 Å². The molecule has 1 amide bonds. The molecule has 3 aromatic heterocycles. The van der Waals surface area contributed by atoms with Gasteiger partial charge < -0.3 is 4.57 Å². The molecule has 0 radical (unpaired) electrons. The number of nitriles is 1. The first-order chi connectivity index (χ1) is 16.7. The van der Waals surface area contributed by atoms with Crippen LogP contribution in [-0.2, 0) is 12.0 Å².